The van der Waals surface area contributed by atoms with Crippen LogP contribution < -0.4 is 16.0 Å². The van der Waals surface area contributed by atoms with E-state index in [1.807, 2.05) is 0 Å². The first-order chi connectivity index (χ1) is 9.45. The second-order valence-electron chi connectivity index (χ2n) is 4.12. The van der Waals surface area contributed by atoms with Crippen molar-refractivity contribution in [2.75, 3.05) is 0 Å². The standard InChI is InChI=1S/C13H11ClN2O4/c1-8-6-9(14)2-3-10(8)20-12(18)7-16-5-4-11(17)15-13(16)19/h2-6H,7H2,1H3,(H,15,17,19). The fraction of sp³-hybridized carbons (Fsp3) is 0.154. The third kappa shape index (κ3) is 3.36. The number of rotatable bonds is 3. The monoisotopic (exact) mass is 294 g/mol. The molecule has 0 atom stereocenters. The average Bonchev–Trinajstić information content (AvgIpc) is 2.36. The van der Waals surface area contributed by atoms with E-state index in [1.165, 1.54) is 6.20 Å². The Labute approximate surface area is 118 Å². The second kappa shape index (κ2) is 5.75. The molecule has 20 heavy (non-hydrogen) atoms. The second-order valence-corrected chi connectivity index (χ2v) is 4.56. The molecule has 1 aromatic heterocycles. The highest BCUT2D eigenvalue weighted by Crippen LogP contribution is 2.21. The number of aryl methyl sites for hydroxylation is 1. The predicted molar refractivity (Wildman–Crippen MR) is 73.1 cm³/mol. The lowest BCUT2D eigenvalue weighted by molar-refractivity contribution is -0.135. The summed E-state index contributed by atoms with van der Waals surface area (Å²) in [4.78, 5) is 36.1. The molecule has 1 heterocycles. The summed E-state index contributed by atoms with van der Waals surface area (Å²) in [6.45, 7) is 1.46. The van der Waals surface area contributed by atoms with Crippen molar-refractivity contribution in [3.63, 3.8) is 0 Å². The highest BCUT2D eigenvalue weighted by molar-refractivity contribution is 6.30. The summed E-state index contributed by atoms with van der Waals surface area (Å²) >= 11 is 5.80. The smallest absolute Gasteiger partial charge is 0.331 e. The normalized spacial score (nSPS) is 10.3. The number of benzene rings is 1. The van der Waals surface area contributed by atoms with Crippen LogP contribution in [0.1, 0.15) is 5.56 Å². The van der Waals surface area contributed by atoms with Gasteiger partial charge in [-0.2, -0.15) is 0 Å². The van der Waals surface area contributed by atoms with Gasteiger partial charge in [-0.25, -0.2) is 9.59 Å². The van der Waals surface area contributed by atoms with Crippen LogP contribution in [-0.4, -0.2) is 15.5 Å². The van der Waals surface area contributed by atoms with Crippen LogP contribution >= 0.6 is 11.6 Å². The Bertz CT molecular complexity index is 763. The van der Waals surface area contributed by atoms with E-state index in [1.54, 1.807) is 25.1 Å². The van der Waals surface area contributed by atoms with Gasteiger partial charge in [-0.3, -0.25) is 14.3 Å². The van der Waals surface area contributed by atoms with Crippen molar-refractivity contribution < 1.29 is 9.53 Å². The summed E-state index contributed by atoms with van der Waals surface area (Å²) in [6.07, 6.45) is 1.23. The quantitative estimate of drug-likeness (QED) is 0.679. The van der Waals surface area contributed by atoms with E-state index >= 15 is 0 Å². The zero-order chi connectivity index (χ0) is 14.7. The Morgan fingerprint density at radius 3 is 2.75 bits per heavy atom. The molecule has 0 saturated heterocycles. The van der Waals surface area contributed by atoms with Crippen LogP contribution in [0.25, 0.3) is 0 Å². The number of nitrogens with zero attached hydrogens (tertiary/aromatic N) is 1. The molecular formula is C13H11ClN2O4. The first-order valence-corrected chi connectivity index (χ1v) is 6.10. The van der Waals surface area contributed by atoms with Crippen LogP contribution in [0.2, 0.25) is 5.02 Å². The van der Waals surface area contributed by atoms with Crippen molar-refractivity contribution >= 4 is 17.6 Å². The number of aromatic amines is 1. The number of H-pyrrole nitrogens is 1. The van der Waals surface area contributed by atoms with E-state index in [9.17, 15) is 14.4 Å². The number of aromatic nitrogens is 2. The van der Waals surface area contributed by atoms with Crippen LogP contribution in [0, 0.1) is 6.92 Å². The molecule has 0 saturated carbocycles. The third-order valence-corrected chi connectivity index (χ3v) is 2.79. The molecule has 104 valence electrons. The van der Waals surface area contributed by atoms with Crippen molar-refractivity contribution in [3.05, 3.63) is 61.9 Å². The molecule has 7 heteroatoms. The number of carbonyl (C=O) groups is 1. The number of ether oxygens (including phenoxy) is 1. The average molecular weight is 295 g/mol. The molecule has 0 aliphatic carbocycles. The molecular weight excluding hydrogens is 284 g/mol. The number of hydrogen-bond acceptors (Lipinski definition) is 4. The van der Waals surface area contributed by atoms with Crippen molar-refractivity contribution in [2.45, 2.75) is 13.5 Å². The van der Waals surface area contributed by atoms with Gasteiger partial charge < -0.3 is 4.74 Å². The molecule has 0 amide bonds. The van der Waals surface area contributed by atoms with Crippen molar-refractivity contribution in [2.24, 2.45) is 0 Å². The lowest BCUT2D eigenvalue weighted by atomic mass is 10.2. The highest BCUT2D eigenvalue weighted by Gasteiger charge is 2.09. The number of halogens is 1. The van der Waals surface area contributed by atoms with Gasteiger partial charge in [0.2, 0.25) is 0 Å². The molecule has 0 aliphatic heterocycles. The molecule has 0 aliphatic rings. The molecule has 0 unspecified atom stereocenters. The first kappa shape index (κ1) is 14.1. The molecule has 1 aromatic carbocycles. The molecule has 1 N–H and O–H groups in total. The zero-order valence-corrected chi connectivity index (χ0v) is 11.3. The van der Waals surface area contributed by atoms with Crippen molar-refractivity contribution in [1.82, 2.24) is 9.55 Å². The largest absolute Gasteiger partial charge is 0.425 e. The zero-order valence-electron chi connectivity index (χ0n) is 10.6. The van der Waals surface area contributed by atoms with Crippen LogP contribution in [0.3, 0.4) is 0 Å². The SMILES string of the molecule is Cc1cc(Cl)ccc1OC(=O)Cn1ccc(=O)[nH]c1=O. The van der Waals surface area contributed by atoms with E-state index in [0.29, 0.717) is 16.3 Å². The number of carbonyl (C=O) groups excluding carboxylic acids is 1. The lowest BCUT2D eigenvalue weighted by Gasteiger charge is -2.08. The molecule has 0 spiro atoms. The summed E-state index contributed by atoms with van der Waals surface area (Å²) in [5.74, 6) is -0.249. The number of hydrogen-bond donors (Lipinski definition) is 1. The molecule has 0 bridgehead atoms. The van der Waals surface area contributed by atoms with Gasteiger partial charge in [-0.1, -0.05) is 11.6 Å². The Kier molecular flexibility index (Phi) is 4.05. The minimum absolute atomic E-state index is 0.294. The Morgan fingerprint density at radius 2 is 2.10 bits per heavy atom. The van der Waals surface area contributed by atoms with Gasteiger partial charge in [-0.05, 0) is 30.7 Å². The van der Waals surface area contributed by atoms with Gasteiger partial charge in [-0.15, -0.1) is 0 Å². The molecule has 6 nitrogen and oxygen atoms in total. The first-order valence-electron chi connectivity index (χ1n) is 5.72. The van der Waals surface area contributed by atoms with Crippen molar-refractivity contribution in [1.29, 1.82) is 0 Å². The predicted octanol–water partition coefficient (Wildman–Crippen LogP) is 1.10. The van der Waals surface area contributed by atoms with Gasteiger partial charge in [0.25, 0.3) is 5.56 Å². The van der Waals surface area contributed by atoms with Crippen LogP contribution in [-0.2, 0) is 11.3 Å². The Hall–Kier alpha value is -2.34. The van der Waals surface area contributed by atoms with Crippen LogP contribution in [0.15, 0.2) is 40.1 Å². The minimum atomic E-state index is -0.665. The van der Waals surface area contributed by atoms with Gasteiger partial charge >= 0.3 is 11.7 Å². The maximum atomic E-state index is 11.7. The maximum Gasteiger partial charge on any atom is 0.331 e. The summed E-state index contributed by atoms with van der Waals surface area (Å²) in [5.41, 5.74) is -0.477. The number of nitrogens with one attached hydrogen (secondary N) is 1. The van der Waals surface area contributed by atoms with E-state index in [0.717, 1.165) is 10.6 Å². The summed E-state index contributed by atoms with van der Waals surface area (Å²) in [6, 6.07) is 5.99. The fourth-order valence-corrected chi connectivity index (χ4v) is 1.82. The van der Waals surface area contributed by atoms with Crippen molar-refractivity contribution in [3.8, 4) is 5.75 Å². The van der Waals surface area contributed by atoms with Crippen LogP contribution in [0.5, 0.6) is 5.75 Å². The topological polar surface area (TPSA) is 81.2 Å². The maximum absolute atomic E-state index is 11.7. The van der Waals surface area contributed by atoms with Gasteiger partial charge in [0.1, 0.15) is 12.3 Å². The minimum Gasteiger partial charge on any atom is -0.425 e. The van der Waals surface area contributed by atoms with Crippen LogP contribution in [0.4, 0.5) is 0 Å². The Morgan fingerprint density at radius 1 is 1.35 bits per heavy atom. The molecule has 2 aromatic rings. The summed E-state index contributed by atoms with van der Waals surface area (Å²) < 4.78 is 6.19. The number of esters is 1. The van der Waals surface area contributed by atoms with E-state index in [4.69, 9.17) is 16.3 Å². The highest BCUT2D eigenvalue weighted by atomic mass is 35.5. The van der Waals surface area contributed by atoms with Gasteiger partial charge in [0.05, 0.1) is 0 Å². The molecule has 0 fully saturated rings. The van der Waals surface area contributed by atoms with E-state index in [2.05, 4.69) is 4.98 Å². The van der Waals surface area contributed by atoms with Gasteiger partial charge in [0, 0.05) is 17.3 Å². The van der Waals surface area contributed by atoms with E-state index < -0.39 is 17.2 Å². The molecule has 0 radical (unpaired) electrons. The molecule has 2 rings (SSSR count). The Balaban J connectivity index is 2.13. The fourth-order valence-electron chi connectivity index (χ4n) is 1.59. The van der Waals surface area contributed by atoms with E-state index in [-0.39, 0.29) is 6.54 Å². The summed E-state index contributed by atoms with van der Waals surface area (Å²) in [7, 11) is 0. The van der Waals surface area contributed by atoms with Gasteiger partial charge in [0.15, 0.2) is 0 Å². The summed E-state index contributed by atoms with van der Waals surface area (Å²) in [5, 5.41) is 0.541. The lowest BCUT2D eigenvalue weighted by Crippen LogP contribution is -2.32. The third-order valence-electron chi connectivity index (χ3n) is 2.56.